The molecule has 0 saturated carbocycles. The van der Waals surface area contributed by atoms with Gasteiger partial charge in [-0.2, -0.15) is 10.2 Å². The molecule has 0 atom stereocenters. The van der Waals surface area contributed by atoms with Gasteiger partial charge in [0.05, 0.1) is 36.5 Å². The Morgan fingerprint density at radius 3 is 2.53 bits per heavy atom. The average Bonchev–Trinajstić information content (AvgIpc) is 3.20. The highest BCUT2D eigenvalue weighted by molar-refractivity contribution is 7.92. The molecule has 0 radical (unpaired) electrons. The Labute approximate surface area is 175 Å². The first-order valence-electron chi connectivity index (χ1n) is 9.65. The molecule has 1 aliphatic rings. The summed E-state index contributed by atoms with van der Waals surface area (Å²) in [5.74, 6) is 0.991. The van der Waals surface area contributed by atoms with Gasteiger partial charge in [-0.1, -0.05) is 0 Å². The van der Waals surface area contributed by atoms with Crippen molar-refractivity contribution in [2.24, 2.45) is 0 Å². The summed E-state index contributed by atoms with van der Waals surface area (Å²) in [6.45, 7) is 4.48. The Bertz CT molecular complexity index is 1210. The van der Waals surface area contributed by atoms with Gasteiger partial charge in [-0.25, -0.2) is 8.42 Å². The zero-order chi connectivity index (χ0) is 21.5. The Hall–Kier alpha value is -3.07. The van der Waals surface area contributed by atoms with E-state index >= 15 is 0 Å². The van der Waals surface area contributed by atoms with Gasteiger partial charge in [0.2, 0.25) is 0 Å². The molecule has 8 nitrogen and oxygen atoms in total. The zero-order valence-electron chi connectivity index (χ0n) is 17.3. The number of nitrogens with one attached hydrogen (secondary N) is 1. The van der Waals surface area contributed by atoms with E-state index in [9.17, 15) is 8.42 Å². The van der Waals surface area contributed by atoms with Gasteiger partial charge in [-0.05, 0) is 50.1 Å². The van der Waals surface area contributed by atoms with Crippen LogP contribution in [0.15, 0.2) is 41.4 Å². The number of rotatable bonds is 6. The molecule has 0 amide bonds. The lowest BCUT2D eigenvalue weighted by Crippen LogP contribution is -2.37. The van der Waals surface area contributed by atoms with Crippen molar-refractivity contribution in [3.63, 3.8) is 0 Å². The molecule has 158 valence electrons. The molecule has 30 heavy (non-hydrogen) atoms. The fourth-order valence-corrected chi connectivity index (χ4v) is 5.51. The minimum absolute atomic E-state index is 0.254. The lowest BCUT2D eigenvalue weighted by molar-refractivity contribution is 0.355. The third-order valence-corrected chi connectivity index (χ3v) is 7.16. The van der Waals surface area contributed by atoms with Gasteiger partial charge in [0, 0.05) is 29.7 Å². The summed E-state index contributed by atoms with van der Waals surface area (Å²) in [5, 5.41) is 12.1. The predicted molar refractivity (Wildman–Crippen MR) is 116 cm³/mol. The first-order chi connectivity index (χ1) is 14.4. The van der Waals surface area contributed by atoms with Crippen molar-refractivity contribution >= 4 is 32.3 Å². The Balaban J connectivity index is 1.90. The van der Waals surface area contributed by atoms with Crippen LogP contribution in [-0.2, 0) is 16.4 Å². The van der Waals surface area contributed by atoms with E-state index in [1.165, 1.54) is 24.7 Å². The van der Waals surface area contributed by atoms with E-state index in [1.54, 1.807) is 24.3 Å². The predicted octanol–water partition coefficient (Wildman–Crippen LogP) is 3.22. The molecule has 2 aromatic carbocycles. The highest BCUT2D eigenvalue weighted by Gasteiger charge is 2.30. The number of nitrogens with zero attached hydrogens (tertiary/aromatic N) is 3. The molecule has 1 N–H and O–H groups in total. The van der Waals surface area contributed by atoms with E-state index in [1.807, 2.05) is 19.9 Å². The molecule has 2 heterocycles. The number of methoxy groups -OCH3 is 2. The van der Waals surface area contributed by atoms with Crippen LogP contribution in [0, 0.1) is 0 Å². The summed E-state index contributed by atoms with van der Waals surface area (Å²) in [6, 6.07) is 8.29. The second kappa shape index (κ2) is 7.64. The highest BCUT2D eigenvalue weighted by Crippen LogP contribution is 2.38. The van der Waals surface area contributed by atoms with Gasteiger partial charge in [0.1, 0.15) is 0 Å². The monoisotopic (exact) mass is 428 g/mol. The molecule has 3 aromatic rings. The van der Waals surface area contributed by atoms with E-state index in [4.69, 9.17) is 9.47 Å². The largest absolute Gasteiger partial charge is 0.493 e. The lowest BCUT2D eigenvalue weighted by Gasteiger charge is -2.29. The standard InChI is InChI=1S/C21H24N4O4S/c1-13(2)25(30(26,27)15-5-6-17-14(9-15)7-8-22-17)19-12-23-24-18-11-21(29-4)20(28-3)10-16(18)19/h5-6,9-13,22H,7-8H2,1-4H3. The van der Waals surface area contributed by atoms with Crippen molar-refractivity contribution in [2.45, 2.75) is 31.2 Å². The first kappa shape index (κ1) is 20.2. The molecule has 0 saturated heterocycles. The third-order valence-electron chi connectivity index (χ3n) is 5.17. The number of hydrogen-bond acceptors (Lipinski definition) is 7. The number of aromatic nitrogens is 2. The average molecular weight is 429 g/mol. The van der Waals surface area contributed by atoms with Crippen LogP contribution in [0.25, 0.3) is 10.9 Å². The normalized spacial score (nSPS) is 13.2. The van der Waals surface area contributed by atoms with Gasteiger partial charge in [-0.15, -0.1) is 0 Å². The molecule has 0 unspecified atom stereocenters. The molecule has 4 rings (SSSR count). The van der Waals surface area contributed by atoms with E-state index < -0.39 is 10.0 Å². The van der Waals surface area contributed by atoms with Gasteiger partial charge in [0.15, 0.2) is 11.5 Å². The maximum absolute atomic E-state index is 13.7. The summed E-state index contributed by atoms with van der Waals surface area (Å²) >= 11 is 0. The fraction of sp³-hybridized carbons (Fsp3) is 0.333. The maximum atomic E-state index is 13.7. The number of hydrogen-bond donors (Lipinski definition) is 1. The molecule has 1 aromatic heterocycles. The Kier molecular flexibility index (Phi) is 5.15. The van der Waals surface area contributed by atoms with Gasteiger partial charge < -0.3 is 14.8 Å². The van der Waals surface area contributed by atoms with Crippen LogP contribution < -0.4 is 19.1 Å². The van der Waals surface area contributed by atoms with Crippen LogP contribution in [-0.4, -0.2) is 45.4 Å². The van der Waals surface area contributed by atoms with Gasteiger partial charge in [0.25, 0.3) is 10.0 Å². The molecule has 1 aliphatic heterocycles. The summed E-state index contributed by atoms with van der Waals surface area (Å²) < 4.78 is 39.5. The van der Waals surface area contributed by atoms with Crippen molar-refractivity contribution in [3.05, 3.63) is 42.1 Å². The van der Waals surface area contributed by atoms with Crippen LogP contribution >= 0.6 is 0 Å². The van der Waals surface area contributed by atoms with Crippen LogP contribution in [0.5, 0.6) is 11.5 Å². The van der Waals surface area contributed by atoms with E-state index in [0.29, 0.717) is 28.1 Å². The molecular weight excluding hydrogens is 404 g/mol. The molecule has 0 bridgehead atoms. The second-order valence-corrected chi connectivity index (χ2v) is 9.16. The van der Waals surface area contributed by atoms with Crippen molar-refractivity contribution in [2.75, 3.05) is 30.4 Å². The number of ether oxygens (including phenoxy) is 2. The Morgan fingerprint density at radius 2 is 1.83 bits per heavy atom. The number of fused-ring (bicyclic) bond motifs is 2. The Morgan fingerprint density at radius 1 is 1.10 bits per heavy atom. The second-order valence-electron chi connectivity index (χ2n) is 7.34. The molecule has 0 aliphatic carbocycles. The van der Waals surface area contributed by atoms with Crippen molar-refractivity contribution in [3.8, 4) is 11.5 Å². The topological polar surface area (TPSA) is 93.7 Å². The summed E-state index contributed by atoms with van der Waals surface area (Å²) in [6.07, 6.45) is 2.28. The van der Waals surface area contributed by atoms with Crippen LogP contribution in [0.1, 0.15) is 19.4 Å². The first-order valence-corrected chi connectivity index (χ1v) is 11.1. The molecule has 0 fully saturated rings. The SMILES string of the molecule is COc1cc2nncc(N(C(C)C)S(=O)(=O)c3ccc4c(c3)CCN4)c2cc1OC. The van der Waals surface area contributed by atoms with E-state index in [-0.39, 0.29) is 10.9 Å². The van der Waals surface area contributed by atoms with E-state index in [2.05, 4.69) is 15.5 Å². The van der Waals surface area contributed by atoms with E-state index in [0.717, 1.165) is 24.2 Å². The van der Waals surface area contributed by atoms with Crippen LogP contribution in [0.2, 0.25) is 0 Å². The quantitative estimate of drug-likeness (QED) is 0.644. The molecular formula is C21H24N4O4S. The minimum Gasteiger partial charge on any atom is -0.493 e. The molecule has 0 spiro atoms. The highest BCUT2D eigenvalue weighted by atomic mass is 32.2. The smallest absolute Gasteiger partial charge is 0.264 e. The van der Waals surface area contributed by atoms with Crippen LogP contribution in [0.4, 0.5) is 11.4 Å². The van der Waals surface area contributed by atoms with Crippen molar-refractivity contribution in [1.82, 2.24) is 10.2 Å². The number of benzene rings is 2. The summed E-state index contributed by atoms with van der Waals surface area (Å²) in [5.41, 5.74) is 2.94. The fourth-order valence-electron chi connectivity index (χ4n) is 3.79. The number of anilines is 2. The minimum atomic E-state index is -3.84. The summed E-state index contributed by atoms with van der Waals surface area (Å²) in [7, 11) is -0.764. The lowest BCUT2D eigenvalue weighted by atomic mass is 10.1. The van der Waals surface area contributed by atoms with Gasteiger partial charge in [-0.3, -0.25) is 4.31 Å². The third kappa shape index (κ3) is 3.28. The van der Waals surface area contributed by atoms with Crippen molar-refractivity contribution < 1.29 is 17.9 Å². The van der Waals surface area contributed by atoms with Crippen molar-refractivity contribution in [1.29, 1.82) is 0 Å². The maximum Gasteiger partial charge on any atom is 0.264 e. The van der Waals surface area contributed by atoms with Crippen LogP contribution in [0.3, 0.4) is 0 Å². The number of sulfonamides is 1. The van der Waals surface area contributed by atoms with Gasteiger partial charge >= 0.3 is 0 Å². The summed E-state index contributed by atoms with van der Waals surface area (Å²) in [4.78, 5) is 0.254. The molecule has 9 heteroatoms. The zero-order valence-corrected chi connectivity index (χ0v) is 18.2.